The third-order valence-corrected chi connectivity index (χ3v) is 8.04. The van der Waals surface area contributed by atoms with Crippen molar-refractivity contribution in [3.05, 3.63) is 109 Å². The van der Waals surface area contributed by atoms with Gasteiger partial charge in [-0.3, -0.25) is 10.1 Å². The number of phenols is 3. The van der Waals surface area contributed by atoms with Crippen molar-refractivity contribution in [3.8, 4) is 17.2 Å². The van der Waals surface area contributed by atoms with Crippen LogP contribution in [-0.2, 0) is 0 Å². The molecule has 0 unspecified atom stereocenters. The number of rotatable bonds is 5. The first-order chi connectivity index (χ1) is 23.8. The van der Waals surface area contributed by atoms with Gasteiger partial charge in [-0.2, -0.15) is 0 Å². The predicted octanol–water partition coefficient (Wildman–Crippen LogP) is 8.96. The van der Waals surface area contributed by atoms with Gasteiger partial charge < -0.3 is 47.2 Å². The van der Waals surface area contributed by atoms with E-state index in [1.54, 1.807) is 0 Å². The van der Waals surface area contributed by atoms with E-state index in [0.717, 1.165) is 18.2 Å². The summed E-state index contributed by atoms with van der Waals surface area (Å²) in [5, 5.41) is 71.8. The molecule has 16 nitrogen and oxygen atoms in total. The lowest BCUT2D eigenvalue weighted by atomic mass is 10.1. The molecule has 0 atom stereocenters. The summed E-state index contributed by atoms with van der Waals surface area (Å²) in [5.74, 6) is -6.92. The third kappa shape index (κ3) is 11.8. The maximum atomic E-state index is 10.7. The van der Waals surface area contributed by atoms with Crippen molar-refractivity contribution in [2.75, 3.05) is 11.5 Å². The summed E-state index contributed by atoms with van der Waals surface area (Å²) in [7, 11) is 0. The summed E-state index contributed by atoms with van der Waals surface area (Å²) in [5.41, 5.74) is 8.18. The lowest BCUT2D eigenvalue weighted by Crippen LogP contribution is -2.04. The van der Waals surface area contributed by atoms with Crippen LogP contribution in [0.2, 0.25) is 40.2 Å². The van der Waals surface area contributed by atoms with Crippen LogP contribution in [0.25, 0.3) is 0 Å². The lowest BCUT2D eigenvalue weighted by Gasteiger charge is -2.06. The second-order valence-corrected chi connectivity index (χ2v) is 12.3. The van der Waals surface area contributed by atoms with Gasteiger partial charge in [-0.25, -0.2) is 19.2 Å². The fraction of sp³-hybridized carbons (Fsp3) is 0. The second-order valence-electron chi connectivity index (χ2n) is 9.00. The maximum absolute atomic E-state index is 10.7. The summed E-state index contributed by atoms with van der Waals surface area (Å²) in [6, 6.07) is 6.77. The van der Waals surface area contributed by atoms with Crippen LogP contribution in [0.5, 0.6) is 17.2 Å². The quantitative estimate of drug-likeness (QED) is 0.0391. The molecule has 0 radical (unpaired) electrons. The molecule has 4 rings (SSSR count). The predicted molar refractivity (Wildman–Crippen MR) is 194 cm³/mol. The van der Waals surface area contributed by atoms with Crippen molar-refractivity contribution >= 4 is 134 Å². The molecule has 4 aromatic rings. The Morgan fingerprint density at radius 1 is 0.519 bits per heavy atom. The number of anilines is 2. The first kappa shape index (κ1) is 45.5. The summed E-state index contributed by atoms with van der Waals surface area (Å²) < 4.78 is 0. The van der Waals surface area contributed by atoms with Crippen molar-refractivity contribution in [3.63, 3.8) is 0 Å². The average molecular weight is 887 g/mol. The number of nitrogen functional groups attached to an aromatic ring is 2. The van der Waals surface area contributed by atoms with Crippen molar-refractivity contribution in [2.24, 2.45) is 0 Å². The summed E-state index contributed by atoms with van der Waals surface area (Å²) in [6.07, 6.45) is 0. The number of benzene rings is 4. The molecule has 0 amide bonds. The average Bonchev–Trinajstić information content (AvgIpc) is 3.01. The number of aromatic carboxylic acids is 4. The standard InChI is InChI=1S/C7H3Cl2NO5.C7H5Cl2NO3.C7H5Cl2NO2.C7H4Cl2O3/c8-2-1-3(9)6(11)5(10(14)15)4(2)7(12)13;8-2-1-3(9)6(11)5(10)4(2)7(12)13;2*8-4-2-5(9)6(10)1-3(4)7(11)12/h1,11H,(H,12,13);1,11H,10H2,(H,12,13);1-2H,10H2,(H,11,12);1-2,10H,(H,11,12). The molecule has 0 bridgehead atoms. The number of carboxylic acid groups (broad SMARTS) is 4. The van der Waals surface area contributed by atoms with Gasteiger partial charge in [0.1, 0.15) is 11.3 Å². The van der Waals surface area contributed by atoms with E-state index in [9.17, 15) is 39.5 Å². The zero-order valence-electron chi connectivity index (χ0n) is 24.7. The van der Waals surface area contributed by atoms with Gasteiger partial charge in [0.25, 0.3) is 0 Å². The molecule has 278 valence electrons. The highest BCUT2D eigenvalue weighted by molar-refractivity contribution is 6.40. The molecule has 0 aromatic heterocycles. The molecule has 0 aliphatic heterocycles. The van der Waals surface area contributed by atoms with Crippen LogP contribution < -0.4 is 11.5 Å². The number of hydrogen-bond donors (Lipinski definition) is 9. The fourth-order valence-corrected chi connectivity index (χ4v) is 5.27. The number of nitrogens with two attached hydrogens (primary N) is 2. The topological polar surface area (TPSA) is 305 Å². The Labute approximate surface area is 329 Å². The van der Waals surface area contributed by atoms with E-state index in [1.165, 1.54) is 18.2 Å². The number of hydrogen-bond acceptors (Lipinski definition) is 11. The van der Waals surface area contributed by atoms with Crippen LogP contribution in [0.3, 0.4) is 0 Å². The van der Waals surface area contributed by atoms with Crippen LogP contribution in [0, 0.1) is 10.1 Å². The fourth-order valence-electron chi connectivity index (χ4n) is 3.25. The van der Waals surface area contributed by atoms with Crippen LogP contribution >= 0.6 is 92.8 Å². The number of nitro groups is 1. The molecule has 0 heterocycles. The molecule has 24 heteroatoms. The van der Waals surface area contributed by atoms with Gasteiger partial charge in [-0.1, -0.05) is 92.8 Å². The Morgan fingerprint density at radius 3 is 1.33 bits per heavy atom. The number of phenolic OH excluding ortho intramolecular Hbond substituents is 3. The monoisotopic (exact) mass is 883 g/mol. The first-order valence-corrected chi connectivity index (χ1v) is 15.5. The number of nitro benzene ring substituents is 1. The molecular weight excluding hydrogens is 870 g/mol. The summed E-state index contributed by atoms with van der Waals surface area (Å²) in [4.78, 5) is 51.7. The molecule has 0 spiro atoms. The summed E-state index contributed by atoms with van der Waals surface area (Å²) >= 11 is 44.1. The molecule has 0 aliphatic carbocycles. The van der Waals surface area contributed by atoms with Gasteiger partial charge in [-0.15, -0.1) is 0 Å². The van der Waals surface area contributed by atoms with E-state index in [1.807, 2.05) is 0 Å². The van der Waals surface area contributed by atoms with Crippen LogP contribution in [0.4, 0.5) is 17.1 Å². The molecule has 0 aliphatic rings. The number of aromatic hydroxyl groups is 3. The van der Waals surface area contributed by atoms with E-state index in [2.05, 4.69) is 0 Å². The molecular formula is C28H17Cl8N3O13. The first-order valence-electron chi connectivity index (χ1n) is 12.5. The molecule has 0 fully saturated rings. The molecule has 52 heavy (non-hydrogen) atoms. The normalized spacial score (nSPS) is 9.92. The Bertz CT molecular complexity index is 2030. The van der Waals surface area contributed by atoms with Gasteiger partial charge in [0, 0.05) is 0 Å². The van der Waals surface area contributed by atoms with Gasteiger partial charge in [0.05, 0.1) is 67.6 Å². The van der Waals surface area contributed by atoms with Crippen molar-refractivity contribution in [1.29, 1.82) is 0 Å². The maximum Gasteiger partial charge on any atom is 0.344 e. The molecule has 0 saturated carbocycles. The smallest absolute Gasteiger partial charge is 0.344 e. The van der Waals surface area contributed by atoms with Gasteiger partial charge in [0.2, 0.25) is 5.75 Å². The number of nitrogens with zero attached hydrogens (tertiary/aromatic N) is 1. The van der Waals surface area contributed by atoms with E-state index < -0.39 is 56.6 Å². The molecule has 0 saturated heterocycles. The second kappa shape index (κ2) is 19.4. The summed E-state index contributed by atoms with van der Waals surface area (Å²) in [6.45, 7) is 0. The lowest BCUT2D eigenvalue weighted by molar-refractivity contribution is -0.386. The number of halogens is 8. The largest absolute Gasteiger partial charge is 0.506 e. The minimum atomic E-state index is -1.61. The van der Waals surface area contributed by atoms with Gasteiger partial charge in [0.15, 0.2) is 11.3 Å². The number of carboxylic acids is 4. The number of carbonyl (C=O) groups is 4. The van der Waals surface area contributed by atoms with Crippen molar-refractivity contribution in [1.82, 2.24) is 0 Å². The minimum Gasteiger partial charge on any atom is -0.506 e. The minimum absolute atomic E-state index is 0.00491. The van der Waals surface area contributed by atoms with Gasteiger partial charge in [-0.05, 0) is 36.4 Å². The Balaban J connectivity index is 0.000000348. The van der Waals surface area contributed by atoms with Gasteiger partial charge >= 0.3 is 29.6 Å². The highest BCUT2D eigenvalue weighted by Gasteiger charge is 2.30. The van der Waals surface area contributed by atoms with Crippen molar-refractivity contribution < 1.29 is 59.8 Å². The zero-order chi connectivity index (χ0) is 40.5. The van der Waals surface area contributed by atoms with Crippen LogP contribution in [0.1, 0.15) is 41.4 Å². The van der Waals surface area contributed by atoms with E-state index in [4.69, 9.17) is 130 Å². The zero-order valence-corrected chi connectivity index (χ0v) is 30.7. The molecule has 4 aromatic carbocycles. The van der Waals surface area contributed by atoms with E-state index in [-0.39, 0.29) is 69.0 Å². The van der Waals surface area contributed by atoms with Crippen LogP contribution in [-0.4, -0.2) is 64.5 Å². The van der Waals surface area contributed by atoms with Crippen LogP contribution in [0.15, 0.2) is 36.4 Å². The Kier molecular flexibility index (Phi) is 16.9. The van der Waals surface area contributed by atoms with Crippen molar-refractivity contribution in [2.45, 2.75) is 0 Å². The highest BCUT2D eigenvalue weighted by Crippen LogP contribution is 2.41. The highest BCUT2D eigenvalue weighted by atomic mass is 35.5. The SMILES string of the molecule is Nc1c(O)c(Cl)cc(Cl)c1C(=O)O.Nc1cc(C(=O)O)c(Cl)cc1Cl.O=C(O)c1c(Cl)cc(Cl)c(O)c1[N+](=O)[O-].O=C(O)c1cc(O)c(Cl)cc1Cl. The Hall–Kier alpha value is -4.52. The van der Waals surface area contributed by atoms with E-state index in [0.29, 0.717) is 0 Å². The Morgan fingerprint density at radius 2 is 0.904 bits per heavy atom. The third-order valence-electron chi connectivity index (χ3n) is 5.62. The van der Waals surface area contributed by atoms with E-state index >= 15 is 0 Å². The molecule has 11 N–H and O–H groups in total.